The van der Waals surface area contributed by atoms with Crippen LogP contribution in [-0.4, -0.2) is 40.1 Å². The van der Waals surface area contributed by atoms with Gasteiger partial charge in [0.25, 0.3) is 0 Å². The van der Waals surface area contributed by atoms with Crippen LogP contribution < -0.4 is 16.4 Å². The standard InChI is InChI=1S/C14H17N7/c1-16-6-7-17-11-3-4-18-13-12(11)9(8-20-13)10-2-5-19-14(15)21-10/h2-5,8,16H,6-7H2,1H3,(H2,15,19,21)(H2,17,18,20). The molecule has 0 saturated heterocycles. The monoisotopic (exact) mass is 283 g/mol. The molecule has 21 heavy (non-hydrogen) atoms. The van der Waals surface area contributed by atoms with Crippen LogP contribution >= 0.6 is 0 Å². The van der Waals surface area contributed by atoms with Crippen LogP contribution in [0, 0.1) is 0 Å². The molecule has 108 valence electrons. The largest absolute Gasteiger partial charge is 0.383 e. The van der Waals surface area contributed by atoms with Gasteiger partial charge >= 0.3 is 0 Å². The first-order chi connectivity index (χ1) is 10.3. The topological polar surface area (TPSA) is 105 Å². The number of pyridine rings is 1. The predicted molar refractivity (Wildman–Crippen MR) is 83.9 cm³/mol. The maximum absolute atomic E-state index is 5.67. The Morgan fingerprint density at radius 1 is 1.19 bits per heavy atom. The third-order valence-electron chi connectivity index (χ3n) is 3.21. The molecule has 0 aliphatic heterocycles. The van der Waals surface area contributed by atoms with Gasteiger partial charge in [-0.1, -0.05) is 0 Å². The van der Waals surface area contributed by atoms with Crippen LogP contribution in [0.3, 0.4) is 0 Å². The number of nitrogens with zero attached hydrogens (tertiary/aromatic N) is 3. The molecular formula is C14H17N7. The maximum Gasteiger partial charge on any atom is 0.220 e. The lowest BCUT2D eigenvalue weighted by molar-refractivity contribution is 0.824. The lowest BCUT2D eigenvalue weighted by Crippen LogP contribution is -2.17. The highest BCUT2D eigenvalue weighted by Gasteiger charge is 2.12. The second-order valence-electron chi connectivity index (χ2n) is 4.61. The third kappa shape index (κ3) is 2.63. The highest BCUT2D eigenvalue weighted by molar-refractivity contribution is 6.01. The summed E-state index contributed by atoms with van der Waals surface area (Å²) in [7, 11) is 1.93. The van der Waals surface area contributed by atoms with Crippen LogP contribution in [0.15, 0.2) is 30.7 Å². The second-order valence-corrected chi connectivity index (χ2v) is 4.61. The van der Waals surface area contributed by atoms with Gasteiger partial charge in [-0.2, -0.15) is 0 Å². The van der Waals surface area contributed by atoms with Crippen LogP contribution in [0.2, 0.25) is 0 Å². The van der Waals surface area contributed by atoms with E-state index in [9.17, 15) is 0 Å². The number of nitrogen functional groups attached to an aromatic ring is 1. The first-order valence-corrected chi connectivity index (χ1v) is 6.73. The van der Waals surface area contributed by atoms with Gasteiger partial charge in [0.1, 0.15) is 5.65 Å². The molecule has 3 rings (SSSR count). The van der Waals surface area contributed by atoms with Crippen LogP contribution in [0.5, 0.6) is 0 Å². The molecular weight excluding hydrogens is 266 g/mol. The Balaban J connectivity index is 2.07. The number of hydrogen-bond acceptors (Lipinski definition) is 6. The molecule has 0 amide bonds. The van der Waals surface area contributed by atoms with E-state index in [1.54, 1.807) is 12.4 Å². The molecule has 0 unspecified atom stereocenters. The van der Waals surface area contributed by atoms with Gasteiger partial charge < -0.3 is 21.4 Å². The Hall–Kier alpha value is -2.67. The van der Waals surface area contributed by atoms with Gasteiger partial charge in [0.15, 0.2) is 0 Å². The number of rotatable bonds is 5. The minimum Gasteiger partial charge on any atom is -0.383 e. The molecule has 0 fully saturated rings. The number of likely N-dealkylation sites (N-methyl/N-ethyl adjacent to an activating group) is 1. The highest BCUT2D eigenvalue weighted by Crippen LogP contribution is 2.31. The molecule has 0 aliphatic carbocycles. The summed E-state index contributed by atoms with van der Waals surface area (Å²) in [6, 6.07) is 3.79. The lowest BCUT2D eigenvalue weighted by Gasteiger charge is -2.08. The number of anilines is 2. The van der Waals surface area contributed by atoms with Crippen molar-refractivity contribution in [3.8, 4) is 11.3 Å². The van der Waals surface area contributed by atoms with E-state index >= 15 is 0 Å². The smallest absolute Gasteiger partial charge is 0.220 e. The minimum atomic E-state index is 0.260. The van der Waals surface area contributed by atoms with Crippen molar-refractivity contribution < 1.29 is 0 Å². The molecule has 3 aromatic rings. The van der Waals surface area contributed by atoms with Crippen LogP contribution in [-0.2, 0) is 0 Å². The second kappa shape index (κ2) is 5.76. The van der Waals surface area contributed by atoms with Crippen LogP contribution in [0.1, 0.15) is 0 Å². The number of nitrogens with two attached hydrogens (primary N) is 1. The summed E-state index contributed by atoms with van der Waals surface area (Å²) < 4.78 is 0. The lowest BCUT2D eigenvalue weighted by atomic mass is 10.1. The fourth-order valence-corrected chi connectivity index (χ4v) is 2.25. The van der Waals surface area contributed by atoms with Gasteiger partial charge in [0.2, 0.25) is 5.95 Å². The number of hydrogen-bond donors (Lipinski definition) is 4. The van der Waals surface area contributed by atoms with E-state index in [4.69, 9.17) is 5.73 Å². The van der Waals surface area contributed by atoms with Gasteiger partial charge in [-0.05, 0) is 19.2 Å². The van der Waals surface area contributed by atoms with E-state index in [2.05, 4.69) is 30.6 Å². The number of H-pyrrole nitrogens is 1. The van der Waals surface area contributed by atoms with Gasteiger partial charge in [-0.3, -0.25) is 0 Å². The van der Waals surface area contributed by atoms with Crippen LogP contribution in [0.4, 0.5) is 11.6 Å². The Morgan fingerprint density at radius 3 is 2.86 bits per heavy atom. The van der Waals surface area contributed by atoms with Crippen molar-refractivity contribution in [2.24, 2.45) is 0 Å². The van der Waals surface area contributed by atoms with E-state index in [-0.39, 0.29) is 5.95 Å². The summed E-state index contributed by atoms with van der Waals surface area (Å²) >= 11 is 0. The summed E-state index contributed by atoms with van der Waals surface area (Å²) in [6.45, 7) is 1.70. The van der Waals surface area contributed by atoms with E-state index in [1.807, 2.05) is 25.4 Å². The van der Waals surface area contributed by atoms with Gasteiger partial charge in [-0.15, -0.1) is 0 Å². The highest BCUT2D eigenvalue weighted by atomic mass is 15.0. The molecule has 0 radical (unpaired) electrons. The molecule has 0 aromatic carbocycles. The Bertz CT molecular complexity index is 750. The van der Waals surface area contributed by atoms with Crippen molar-refractivity contribution in [2.45, 2.75) is 0 Å². The van der Waals surface area contributed by atoms with E-state index in [0.717, 1.165) is 41.1 Å². The van der Waals surface area contributed by atoms with Crippen molar-refractivity contribution in [3.63, 3.8) is 0 Å². The van der Waals surface area contributed by atoms with Crippen LogP contribution in [0.25, 0.3) is 22.3 Å². The predicted octanol–water partition coefficient (Wildman–Crippen LogP) is 1.23. The molecule has 0 bridgehead atoms. The normalized spacial score (nSPS) is 10.9. The molecule has 7 nitrogen and oxygen atoms in total. The molecule has 0 saturated carbocycles. The maximum atomic E-state index is 5.67. The Labute approximate surface area is 122 Å². The number of aromatic nitrogens is 4. The number of fused-ring (bicyclic) bond motifs is 1. The van der Waals surface area contributed by atoms with Crippen molar-refractivity contribution in [1.82, 2.24) is 25.3 Å². The SMILES string of the molecule is CNCCNc1ccnc2[nH]cc(-c3ccnc(N)n3)c12. The number of aromatic amines is 1. The summed E-state index contributed by atoms with van der Waals surface area (Å²) in [5, 5.41) is 7.52. The fourth-order valence-electron chi connectivity index (χ4n) is 2.25. The molecule has 0 aliphatic rings. The van der Waals surface area contributed by atoms with E-state index in [0.29, 0.717) is 0 Å². The van der Waals surface area contributed by atoms with E-state index < -0.39 is 0 Å². The molecule has 0 atom stereocenters. The average molecular weight is 283 g/mol. The molecule has 7 heteroatoms. The molecule has 0 spiro atoms. The number of nitrogens with one attached hydrogen (secondary N) is 3. The van der Waals surface area contributed by atoms with Crippen molar-refractivity contribution >= 4 is 22.7 Å². The van der Waals surface area contributed by atoms with Gasteiger partial charge in [-0.25, -0.2) is 15.0 Å². The minimum absolute atomic E-state index is 0.260. The summed E-state index contributed by atoms with van der Waals surface area (Å²) in [6.07, 6.45) is 5.32. The summed E-state index contributed by atoms with van der Waals surface area (Å²) in [4.78, 5) is 15.7. The zero-order valence-electron chi connectivity index (χ0n) is 11.7. The summed E-state index contributed by atoms with van der Waals surface area (Å²) in [5.41, 5.74) is 9.24. The van der Waals surface area contributed by atoms with Gasteiger partial charge in [0.05, 0.1) is 11.1 Å². The quantitative estimate of drug-likeness (QED) is 0.525. The van der Waals surface area contributed by atoms with Crippen molar-refractivity contribution in [1.29, 1.82) is 0 Å². The van der Waals surface area contributed by atoms with Gasteiger partial charge in [0, 0.05) is 42.9 Å². The first kappa shape index (κ1) is 13.3. The Kier molecular flexibility index (Phi) is 3.65. The zero-order chi connectivity index (χ0) is 14.7. The van der Waals surface area contributed by atoms with E-state index in [1.165, 1.54) is 0 Å². The van der Waals surface area contributed by atoms with Crippen molar-refractivity contribution in [3.05, 3.63) is 30.7 Å². The van der Waals surface area contributed by atoms with Crippen molar-refractivity contribution in [2.75, 3.05) is 31.2 Å². The third-order valence-corrected chi connectivity index (χ3v) is 3.21. The fraction of sp³-hybridized carbons (Fsp3) is 0.214. The average Bonchev–Trinajstić information content (AvgIpc) is 2.92. The molecule has 3 aromatic heterocycles. The summed E-state index contributed by atoms with van der Waals surface area (Å²) in [5.74, 6) is 0.260. The molecule has 5 N–H and O–H groups in total. The first-order valence-electron chi connectivity index (χ1n) is 6.73. The molecule has 3 heterocycles. The zero-order valence-corrected chi connectivity index (χ0v) is 11.7. The Morgan fingerprint density at radius 2 is 2.05 bits per heavy atom.